The third-order valence-electron chi connectivity index (χ3n) is 5.71. The van der Waals surface area contributed by atoms with Crippen LogP contribution in [0, 0.1) is 3.57 Å². The van der Waals surface area contributed by atoms with Crippen LogP contribution in [0.2, 0.25) is 0 Å². The number of amides is 1. The van der Waals surface area contributed by atoms with Gasteiger partial charge in [-0.3, -0.25) is 4.79 Å². The van der Waals surface area contributed by atoms with Crippen molar-refractivity contribution in [3.05, 3.63) is 105 Å². The van der Waals surface area contributed by atoms with Crippen molar-refractivity contribution in [1.82, 2.24) is 5.43 Å². The lowest BCUT2D eigenvalue weighted by atomic mass is 10.1. The van der Waals surface area contributed by atoms with Crippen molar-refractivity contribution in [2.45, 2.75) is 11.2 Å². The second kappa shape index (κ2) is 12.7. The van der Waals surface area contributed by atoms with E-state index < -0.39 is 0 Å². The van der Waals surface area contributed by atoms with Crippen LogP contribution in [0.3, 0.4) is 0 Å². The van der Waals surface area contributed by atoms with Crippen LogP contribution >= 0.6 is 46.1 Å². The van der Waals surface area contributed by atoms with Crippen molar-refractivity contribution in [3.63, 3.8) is 0 Å². The van der Waals surface area contributed by atoms with Crippen LogP contribution in [0.4, 0.5) is 0 Å². The van der Waals surface area contributed by atoms with Crippen LogP contribution in [0.5, 0.6) is 11.5 Å². The third-order valence-corrected chi connectivity index (χ3v) is 9.66. The molecule has 188 valence electrons. The van der Waals surface area contributed by atoms with Crippen LogP contribution in [0.15, 0.2) is 90.0 Å². The van der Waals surface area contributed by atoms with E-state index in [1.165, 1.54) is 27.8 Å². The summed E-state index contributed by atoms with van der Waals surface area (Å²) in [5, 5.41) is 6.48. The average Bonchev–Trinajstić information content (AvgIpc) is 3.47. The van der Waals surface area contributed by atoms with Gasteiger partial charge in [-0.15, -0.1) is 23.5 Å². The number of rotatable bonds is 9. The SMILES string of the molecule is O=C(COc1ccc(C2SCCS2)cc1)N/N=C\c1ccc(OCc2ccc3ccccc3c2)c(I)c1. The predicted octanol–water partition coefficient (Wildman–Crippen LogP) is 7.03. The Morgan fingerprint density at radius 1 is 0.946 bits per heavy atom. The maximum atomic E-state index is 12.1. The Morgan fingerprint density at radius 2 is 1.73 bits per heavy atom. The van der Waals surface area contributed by atoms with Gasteiger partial charge < -0.3 is 9.47 Å². The molecule has 0 spiro atoms. The number of hydrogen-bond donors (Lipinski definition) is 1. The van der Waals surface area contributed by atoms with Gasteiger partial charge in [0.2, 0.25) is 0 Å². The zero-order valence-electron chi connectivity index (χ0n) is 19.9. The normalized spacial score (nSPS) is 13.8. The Balaban J connectivity index is 1.08. The third kappa shape index (κ3) is 7.21. The fourth-order valence-electron chi connectivity index (χ4n) is 3.84. The summed E-state index contributed by atoms with van der Waals surface area (Å²) < 4.78 is 13.1. The van der Waals surface area contributed by atoms with Crippen molar-refractivity contribution in [3.8, 4) is 11.5 Å². The summed E-state index contributed by atoms with van der Waals surface area (Å²) in [5.74, 6) is 3.55. The van der Waals surface area contributed by atoms with Crippen LogP contribution in [-0.2, 0) is 11.4 Å². The monoisotopic (exact) mass is 640 g/mol. The Hall–Kier alpha value is -2.69. The van der Waals surface area contributed by atoms with Gasteiger partial charge in [-0.25, -0.2) is 5.43 Å². The molecule has 1 heterocycles. The molecule has 1 saturated heterocycles. The van der Waals surface area contributed by atoms with Gasteiger partial charge in [0.1, 0.15) is 18.1 Å². The number of ether oxygens (including phenoxy) is 2. The molecule has 1 fully saturated rings. The molecule has 4 aromatic rings. The number of thioether (sulfide) groups is 2. The number of carbonyl (C=O) groups excluding carboxylic acids is 1. The van der Waals surface area contributed by atoms with E-state index in [2.05, 4.69) is 75.6 Å². The van der Waals surface area contributed by atoms with Gasteiger partial charge in [0, 0.05) is 11.5 Å². The molecule has 5 rings (SSSR count). The van der Waals surface area contributed by atoms with Gasteiger partial charge in [0.25, 0.3) is 5.91 Å². The average molecular weight is 641 g/mol. The molecule has 37 heavy (non-hydrogen) atoms. The van der Waals surface area contributed by atoms with E-state index in [-0.39, 0.29) is 12.5 Å². The summed E-state index contributed by atoms with van der Waals surface area (Å²) in [5.41, 5.74) is 5.79. The highest BCUT2D eigenvalue weighted by Gasteiger charge is 2.18. The standard InChI is InChI=1S/C29H25IN2O3S2/c30-26-16-20(6-12-27(26)35-18-21-5-7-22-3-1-2-4-24(22)15-21)17-31-32-28(33)19-34-25-10-8-23(9-11-25)29-36-13-14-37-29/h1-12,15-17,29H,13-14,18-19H2,(H,32,33)/b31-17-. The molecule has 8 heteroatoms. The van der Waals surface area contributed by atoms with Gasteiger partial charge in [0.05, 0.1) is 14.4 Å². The number of carbonyl (C=O) groups is 1. The first kappa shape index (κ1) is 25.9. The van der Waals surface area contributed by atoms with Gasteiger partial charge in [-0.1, -0.05) is 48.5 Å². The fraction of sp³-hybridized carbons (Fsp3) is 0.172. The number of fused-ring (bicyclic) bond motifs is 1. The van der Waals surface area contributed by atoms with Crippen LogP contribution in [0.1, 0.15) is 21.3 Å². The van der Waals surface area contributed by atoms with Crippen molar-refractivity contribution in [2.75, 3.05) is 18.1 Å². The molecule has 1 aliphatic heterocycles. The Labute approximate surface area is 238 Å². The van der Waals surface area contributed by atoms with Gasteiger partial charge in [-0.2, -0.15) is 5.10 Å². The zero-order valence-corrected chi connectivity index (χ0v) is 23.7. The van der Waals surface area contributed by atoms with E-state index in [1.807, 2.05) is 66.0 Å². The van der Waals surface area contributed by atoms with Crippen LogP contribution in [0.25, 0.3) is 10.8 Å². The molecule has 0 saturated carbocycles. The number of nitrogens with zero attached hydrogens (tertiary/aromatic N) is 1. The highest BCUT2D eigenvalue weighted by Crippen LogP contribution is 2.45. The van der Waals surface area contributed by atoms with Gasteiger partial charge >= 0.3 is 0 Å². The van der Waals surface area contributed by atoms with Crippen LogP contribution in [-0.4, -0.2) is 30.2 Å². The molecule has 0 aromatic heterocycles. The van der Waals surface area contributed by atoms with Crippen molar-refractivity contribution in [1.29, 1.82) is 0 Å². The summed E-state index contributed by atoms with van der Waals surface area (Å²) in [6.45, 7) is 0.397. The van der Waals surface area contributed by atoms with Crippen LogP contribution < -0.4 is 14.9 Å². The summed E-state index contributed by atoms with van der Waals surface area (Å²) in [6.07, 6.45) is 1.61. The number of nitrogens with one attached hydrogen (secondary N) is 1. The highest BCUT2D eigenvalue weighted by molar-refractivity contribution is 14.1. The molecular weight excluding hydrogens is 615 g/mol. The summed E-state index contributed by atoms with van der Waals surface area (Å²) in [4.78, 5) is 12.1. The molecule has 1 aliphatic rings. The van der Waals surface area contributed by atoms with Gasteiger partial charge in [-0.05, 0) is 86.5 Å². The number of hydrogen-bond acceptors (Lipinski definition) is 6. The minimum Gasteiger partial charge on any atom is -0.488 e. The largest absolute Gasteiger partial charge is 0.488 e. The molecule has 1 amide bonds. The minimum absolute atomic E-state index is 0.0945. The second-order valence-electron chi connectivity index (χ2n) is 8.38. The highest BCUT2D eigenvalue weighted by atomic mass is 127. The topological polar surface area (TPSA) is 59.9 Å². The number of hydrazone groups is 1. The van der Waals surface area contributed by atoms with E-state index in [0.717, 1.165) is 20.4 Å². The Morgan fingerprint density at radius 3 is 2.51 bits per heavy atom. The van der Waals surface area contributed by atoms with Crippen molar-refractivity contribution < 1.29 is 14.3 Å². The van der Waals surface area contributed by atoms with E-state index in [9.17, 15) is 4.79 Å². The molecule has 0 radical (unpaired) electrons. The summed E-state index contributed by atoms with van der Waals surface area (Å²) in [7, 11) is 0. The summed E-state index contributed by atoms with van der Waals surface area (Å²) >= 11 is 6.17. The zero-order chi connectivity index (χ0) is 25.5. The summed E-state index contributed by atoms with van der Waals surface area (Å²) in [6, 6.07) is 28.4. The van der Waals surface area contributed by atoms with E-state index in [0.29, 0.717) is 16.9 Å². The Bertz CT molecular complexity index is 1410. The number of halogens is 1. The first-order chi connectivity index (χ1) is 18.1. The molecule has 0 atom stereocenters. The molecule has 0 unspecified atom stereocenters. The first-order valence-corrected chi connectivity index (χ1v) is 15.0. The quantitative estimate of drug-likeness (QED) is 0.121. The lowest BCUT2D eigenvalue weighted by Gasteiger charge is -2.10. The molecule has 0 aliphatic carbocycles. The molecular formula is C29H25IN2O3S2. The van der Waals surface area contributed by atoms with Crippen molar-refractivity contribution >= 4 is 69.0 Å². The second-order valence-corrected chi connectivity index (χ2v) is 12.3. The maximum absolute atomic E-state index is 12.1. The van der Waals surface area contributed by atoms with Gasteiger partial charge in [0.15, 0.2) is 6.61 Å². The molecule has 0 bridgehead atoms. The van der Waals surface area contributed by atoms with E-state index in [1.54, 1.807) is 6.21 Å². The lowest BCUT2D eigenvalue weighted by molar-refractivity contribution is -0.123. The molecule has 4 aromatic carbocycles. The minimum atomic E-state index is -0.313. The lowest BCUT2D eigenvalue weighted by Crippen LogP contribution is -2.24. The molecule has 1 N–H and O–H groups in total. The first-order valence-electron chi connectivity index (χ1n) is 11.8. The van der Waals surface area contributed by atoms with E-state index >= 15 is 0 Å². The van der Waals surface area contributed by atoms with Crippen molar-refractivity contribution in [2.24, 2.45) is 5.10 Å². The predicted molar refractivity (Wildman–Crippen MR) is 163 cm³/mol. The Kier molecular flexibility index (Phi) is 8.91. The smallest absolute Gasteiger partial charge is 0.277 e. The number of benzene rings is 4. The molecule has 5 nitrogen and oxygen atoms in total. The van der Waals surface area contributed by atoms with E-state index in [4.69, 9.17) is 9.47 Å². The maximum Gasteiger partial charge on any atom is 0.277 e. The fourth-order valence-corrected chi connectivity index (χ4v) is 7.39.